The van der Waals surface area contributed by atoms with E-state index in [4.69, 9.17) is 11.6 Å². The summed E-state index contributed by atoms with van der Waals surface area (Å²) in [7, 11) is 0. The number of hydrogen-bond acceptors (Lipinski definition) is 1. The van der Waals surface area contributed by atoms with E-state index >= 15 is 0 Å². The van der Waals surface area contributed by atoms with Crippen LogP contribution in [0.2, 0.25) is 5.15 Å². The molecule has 0 N–H and O–H groups in total. The van der Waals surface area contributed by atoms with Gasteiger partial charge in [-0.3, -0.25) is 0 Å². The first kappa shape index (κ1) is 11.2. The van der Waals surface area contributed by atoms with Crippen LogP contribution >= 0.6 is 11.6 Å². The smallest absolute Gasteiger partial charge is 0.129 e. The summed E-state index contributed by atoms with van der Waals surface area (Å²) in [6.07, 6.45) is 1.75. The summed E-state index contributed by atoms with van der Waals surface area (Å²) in [6.45, 7) is 6.37. The zero-order chi connectivity index (χ0) is 11.7. The van der Waals surface area contributed by atoms with E-state index in [2.05, 4.69) is 37.9 Å². The molecule has 0 amide bonds. The van der Waals surface area contributed by atoms with Crippen molar-refractivity contribution in [3.63, 3.8) is 0 Å². The van der Waals surface area contributed by atoms with Gasteiger partial charge in [-0.2, -0.15) is 0 Å². The van der Waals surface area contributed by atoms with Gasteiger partial charge in [0.25, 0.3) is 0 Å². The van der Waals surface area contributed by atoms with E-state index in [1.165, 1.54) is 22.3 Å². The van der Waals surface area contributed by atoms with E-state index in [9.17, 15) is 0 Å². The number of nitrogens with zero attached hydrogens (tertiary/aromatic N) is 1. The molecule has 2 heteroatoms. The normalized spacial score (nSPS) is 10.5. The molecule has 0 aliphatic carbocycles. The lowest BCUT2D eigenvalue weighted by Gasteiger charge is -2.11. The first-order valence-corrected chi connectivity index (χ1v) is 5.65. The maximum absolute atomic E-state index is 5.92. The van der Waals surface area contributed by atoms with Gasteiger partial charge < -0.3 is 0 Å². The summed E-state index contributed by atoms with van der Waals surface area (Å²) in [4.78, 5) is 4.01. The highest BCUT2D eigenvalue weighted by Crippen LogP contribution is 2.29. The van der Waals surface area contributed by atoms with Crippen molar-refractivity contribution in [3.8, 4) is 11.1 Å². The van der Waals surface area contributed by atoms with E-state index in [1.54, 1.807) is 6.20 Å². The molecule has 0 saturated heterocycles. The maximum atomic E-state index is 5.92. The molecule has 0 unspecified atom stereocenters. The molecule has 1 nitrogen and oxygen atoms in total. The number of rotatable bonds is 1. The molecule has 0 spiro atoms. The van der Waals surface area contributed by atoms with Crippen LogP contribution in [-0.2, 0) is 0 Å². The third-order valence-electron chi connectivity index (χ3n) is 2.69. The number of pyridine rings is 1. The molecule has 0 atom stereocenters. The number of hydrogen-bond donors (Lipinski definition) is 0. The molecule has 2 rings (SSSR count). The first-order valence-electron chi connectivity index (χ1n) is 5.27. The number of aromatic nitrogens is 1. The van der Waals surface area contributed by atoms with Crippen LogP contribution in [0, 0.1) is 20.8 Å². The average Bonchev–Trinajstić information content (AvgIpc) is 2.15. The fourth-order valence-electron chi connectivity index (χ4n) is 2.19. The first-order chi connectivity index (χ1) is 7.58. The van der Waals surface area contributed by atoms with E-state index in [-0.39, 0.29) is 0 Å². The molecule has 1 heterocycles. The largest absolute Gasteiger partial charge is 0.245 e. The Morgan fingerprint density at radius 2 is 1.62 bits per heavy atom. The number of aryl methyl sites for hydroxylation is 3. The summed E-state index contributed by atoms with van der Waals surface area (Å²) in [5, 5.41) is 0.539. The minimum Gasteiger partial charge on any atom is -0.245 e. The number of halogens is 1. The van der Waals surface area contributed by atoms with Gasteiger partial charge in [0.2, 0.25) is 0 Å². The Hall–Kier alpha value is -1.34. The highest BCUT2D eigenvalue weighted by Gasteiger charge is 2.06. The minimum atomic E-state index is 0.539. The molecule has 0 bridgehead atoms. The summed E-state index contributed by atoms with van der Waals surface area (Å²) >= 11 is 5.92. The summed E-state index contributed by atoms with van der Waals surface area (Å²) < 4.78 is 0. The molecular formula is C14H14ClN. The van der Waals surface area contributed by atoms with Crippen LogP contribution < -0.4 is 0 Å². The molecule has 0 aliphatic rings. The van der Waals surface area contributed by atoms with Crippen molar-refractivity contribution in [1.82, 2.24) is 4.98 Å². The molecule has 0 fully saturated rings. The van der Waals surface area contributed by atoms with Crippen LogP contribution in [0.25, 0.3) is 11.1 Å². The molecule has 82 valence electrons. The molecule has 1 aromatic heterocycles. The average molecular weight is 232 g/mol. The van der Waals surface area contributed by atoms with Gasteiger partial charge in [-0.25, -0.2) is 4.98 Å². The van der Waals surface area contributed by atoms with Crippen LogP contribution in [0.5, 0.6) is 0 Å². The molecular weight excluding hydrogens is 218 g/mol. The van der Waals surface area contributed by atoms with E-state index < -0.39 is 0 Å². The van der Waals surface area contributed by atoms with Gasteiger partial charge in [0.15, 0.2) is 0 Å². The fraction of sp³-hybridized carbons (Fsp3) is 0.214. The summed E-state index contributed by atoms with van der Waals surface area (Å²) in [5.41, 5.74) is 6.24. The number of benzene rings is 1. The van der Waals surface area contributed by atoms with Crippen LogP contribution in [0.4, 0.5) is 0 Å². The molecule has 1 aromatic carbocycles. The Morgan fingerprint density at radius 3 is 2.19 bits per heavy atom. The van der Waals surface area contributed by atoms with Crippen molar-refractivity contribution < 1.29 is 0 Å². The van der Waals surface area contributed by atoms with Crippen LogP contribution in [-0.4, -0.2) is 4.98 Å². The molecule has 0 saturated carbocycles. The topological polar surface area (TPSA) is 12.9 Å². The lowest BCUT2D eigenvalue weighted by molar-refractivity contribution is 1.29. The van der Waals surface area contributed by atoms with Crippen molar-refractivity contribution in [2.75, 3.05) is 0 Å². The zero-order valence-corrected chi connectivity index (χ0v) is 10.5. The SMILES string of the molecule is Cc1cc(C)c(-c2ccnc(Cl)c2)c(C)c1. The third kappa shape index (κ3) is 2.10. The lowest BCUT2D eigenvalue weighted by Crippen LogP contribution is -1.90. The monoisotopic (exact) mass is 231 g/mol. The van der Waals surface area contributed by atoms with Gasteiger partial charge in [-0.1, -0.05) is 29.3 Å². The van der Waals surface area contributed by atoms with Crippen LogP contribution in [0.1, 0.15) is 16.7 Å². The van der Waals surface area contributed by atoms with Gasteiger partial charge in [-0.15, -0.1) is 0 Å². The molecule has 0 radical (unpaired) electrons. The Labute approximate surface area is 101 Å². The predicted octanol–water partition coefficient (Wildman–Crippen LogP) is 4.33. The van der Waals surface area contributed by atoms with Gasteiger partial charge in [0.05, 0.1) is 0 Å². The summed E-state index contributed by atoms with van der Waals surface area (Å²) in [6, 6.07) is 8.29. The predicted molar refractivity (Wildman–Crippen MR) is 68.9 cm³/mol. The van der Waals surface area contributed by atoms with Crippen LogP contribution in [0.15, 0.2) is 30.5 Å². The standard InChI is InChI=1S/C14H14ClN/c1-9-6-10(2)14(11(3)7-9)12-4-5-16-13(15)8-12/h4-8H,1-3H3. The Morgan fingerprint density at radius 1 is 1.00 bits per heavy atom. The van der Waals surface area contributed by atoms with Gasteiger partial charge in [-0.05, 0) is 55.2 Å². The summed E-state index contributed by atoms with van der Waals surface area (Å²) in [5.74, 6) is 0. The van der Waals surface area contributed by atoms with Crippen molar-refractivity contribution in [3.05, 3.63) is 52.3 Å². The maximum Gasteiger partial charge on any atom is 0.129 e. The highest BCUT2D eigenvalue weighted by molar-refractivity contribution is 6.29. The van der Waals surface area contributed by atoms with E-state index in [0.717, 1.165) is 5.56 Å². The van der Waals surface area contributed by atoms with E-state index in [0.29, 0.717) is 5.15 Å². The Balaban J connectivity index is 2.64. The van der Waals surface area contributed by atoms with Gasteiger partial charge in [0.1, 0.15) is 5.15 Å². The van der Waals surface area contributed by atoms with Crippen molar-refractivity contribution in [2.24, 2.45) is 0 Å². The fourth-order valence-corrected chi connectivity index (χ4v) is 2.37. The quantitative estimate of drug-likeness (QED) is 0.666. The minimum absolute atomic E-state index is 0.539. The van der Waals surface area contributed by atoms with Crippen molar-refractivity contribution in [2.45, 2.75) is 20.8 Å². The molecule has 0 aliphatic heterocycles. The van der Waals surface area contributed by atoms with Crippen molar-refractivity contribution >= 4 is 11.6 Å². The molecule has 2 aromatic rings. The van der Waals surface area contributed by atoms with E-state index in [1.807, 2.05) is 12.1 Å². The lowest BCUT2D eigenvalue weighted by atomic mass is 9.95. The zero-order valence-electron chi connectivity index (χ0n) is 9.71. The second-order valence-electron chi connectivity index (χ2n) is 4.14. The Bertz CT molecular complexity index is 509. The Kier molecular flexibility index (Phi) is 2.97. The molecule has 16 heavy (non-hydrogen) atoms. The third-order valence-corrected chi connectivity index (χ3v) is 2.90. The second-order valence-corrected chi connectivity index (χ2v) is 4.53. The van der Waals surface area contributed by atoms with Crippen LogP contribution in [0.3, 0.4) is 0 Å². The second kappa shape index (κ2) is 4.26. The van der Waals surface area contributed by atoms with Gasteiger partial charge >= 0.3 is 0 Å². The van der Waals surface area contributed by atoms with Crippen molar-refractivity contribution in [1.29, 1.82) is 0 Å². The van der Waals surface area contributed by atoms with Gasteiger partial charge in [0, 0.05) is 6.20 Å². The highest BCUT2D eigenvalue weighted by atomic mass is 35.5.